The van der Waals surface area contributed by atoms with Crippen molar-refractivity contribution >= 4 is 40.6 Å². The molecule has 0 amide bonds. The van der Waals surface area contributed by atoms with Crippen LogP contribution in [0.3, 0.4) is 0 Å². The van der Waals surface area contributed by atoms with Crippen LogP contribution < -0.4 is 0 Å². The van der Waals surface area contributed by atoms with Gasteiger partial charge in [0.1, 0.15) is 0 Å². The van der Waals surface area contributed by atoms with Gasteiger partial charge in [-0.3, -0.25) is 0 Å². The highest BCUT2D eigenvalue weighted by atomic mass is 35.5. The molecule has 0 bridgehead atoms. The van der Waals surface area contributed by atoms with E-state index in [1.54, 1.807) is 0 Å². The molecule has 1 aromatic heterocycles. The zero-order chi connectivity index (χ0) is 8.43. The van der Waals surface area contributed by atoms with Crippen LogP contribution in [-0.4, -0.2) is 11.1 Å². The molecular formula is C5H2ClO3S2+. The Balaban J connectivity index is 3.22. The number of halogens is 1. The molecular weight excluding hydrogens is 208 g/mol. The molecule has 58 valence electrons. The van der Waals surface area contributed by atoms with Gasteiger partial charge < -0.3 is 5.11 Å². The minimum Gasteiger partial charge on any atom is -0.477 e. The number of hydrogen-bond acceptors (Lipinski definition) is 3. The highest BCUT2D eigenvalue weighted by Gasteiger charge is 2.24. The van der Waals surface area contributed by atoms with Crippen molar-refractivity contribution in [3.05, 3.63) is 15.3 Å². The molecule has 0 unspecified atom stereocenters. The Labute approximate surface area is 75.1 Å². The number of hydrogen-bond donors (Lipinski definition) is 1. The van der Waals surface area contributed by atoms with Gasteiger partial charge in [0.2, 0.25) is 0 Å². The van der Waals surface area contributed by atoms with Gasteiger partial charge in [0.25, 0.3) is 0 Å². The summed E-state index contributed by atoms with van der Waals surface area (Å²) in [5.41, 5.74) is 0. The second kappa shape index (κ2) is 3.25. The molecule has 11 heavy (non-hydrogen) atoms. The minimum atomic E-state index is -1.11. The molecule has 0 fully saturated rings. The van der Waals surface area contributed by atoms with E-state index in [2.05, 4.69) is 0 Å². The summed E-state index contributed by atoms with van der Waals surface area (Å²) in [5.74, 6) is -1.11. The van der Waals surface area contributed by atoms with Gasteiger partial charge in [-0.1, -0.05) is 11.6 Å². The quantitative estimate of drug-likeness (QED) is 0.757. The van der Waals surface area contributed by atoms with Gasteiger partial charge in [0.05, 0.1) is 4.34 Å². The third-order valence-electron chi connectivity index (χ3n) is 0.952. The van der Waals surface area contributed by atoms with Crippen LogP contribution in [0, 0.1) is 0 Å². The molecule has 0 aliphatic rings. The van der Waals surface area contributed by atoms with Gasteiger partial charge in [-0.05, 0) is 0 Å². The summed E-state index contributed by atoms with van der Waals surface area (Å²) in [5, 5.41) is 8.51. The molecule has 6 heteroatoms. The molecule has 1 rings (SSSR count). The summed E-state index contributed by atoms with van der Waals surface area (Å²) in [6, 6.07) is 1.35. The second-order valence-corrected chi connectivity index (χ2v) is 3.92. The van der Waals surface area contributed by atoms with Crippen molar-refractivity contribution in [3.8, 4) is 0 Å². The van der Waals surface area contributed by atoms with Gasteiger partial charge in [-0.2, -0.15) is 0 Å². The first-order valence-electron chi connectivity index (χ1n) is 2.47. The molecule has 3 nitrogen and oxygen atoms in total. The minimum absolute atomic E-state index is 0.00926. The average molecular weight is 210 g/mol. The first kappa shape index (κ1) is 8.58. The summed E-state index contributed by atoms with van der Waals surface area (Å²) in [6.07, 6.45) is 0. The first-order chi connectivity index (χ1) is 5.15. The number of aromatic carboxylic acids is 1. The topological polar surface area (TPSA) is 54.4 Å². The maximum atomic E-state index is 10.4. The number of carboxylic acids is 1. The fraction of sp³-hybridized carbons (Fsp3) is 0. The molecule has 0 saturated carbocycles. The Morgan fingerprint density at radius 1 is 1.73 bits per heavy atom. The first-order valence-corrected chi connectivity index (χ1v) is 4.41. The van der Waals surface area contributed by atoms with Crippen LogP contribution in [0.4, 0.5) is 0 Å². The monoisotopic (exact) mass is 209 g/mol. The summed E-state index contributed by atoms with van der Waals surface area (Å²) in [4.78, 5) is 10.6. The molecule has 0 saturated heterocycles. The number of carboxylic acid groups (broad SMARTS) is 1. The van der Waals surface area contributed by atoms with E-state index in [1.807, 2.05) is 0 Å². The molecule has 1 aromatic rings. The van der Waals surface area contributed by atoms with Crippen molar-refractivity contribution < 1.29 is 14.1 Å². The maximum Gasteiger partial charge on any atom is 0.507 e. The lowest BCUT2D eigenvalue weighted by atomic mass is 10.5. The van der Waals surface area contributed by atoms with Crippen LogP contribution in [0.15, 0.2) is 11.0 Å². The summed E-state index contributed by atoms with van der Waals surface area (Å²) in [7, 11) is 0. The average Bonchev–Trinajstić information content (AvgIpc) is 2.30. The van der Waals surface area contributed by atoms with Crippen molar-refractivity contribution in [2.24, 2.45) is 0 Å². The Morgan fingerprint density at radius 2 is 2.36 bits per heavy atom. The molecule has 1 heterocycles. The number of thiophene rings is 1. The van der Waals surface area contributed by atoms with Crippen LogP contribution in [0.25, 0.3) is 0 Å². The lowest BCUT2D eigenvalue weighted by Gasteiger charge is -1.78. The van der Waals surface area contributed by atoms with Crippen molar-refractivity contribution in [2.45, 2.75) is 4.90 Å². The Morgan fingerprint density at radius 3 is 2.73 bits per heavy atom. The van der Waals surface area contributed by atoms with Crippen LogP contribution in [0.2, 0.25) is 4.34 Å². The highest BCUT2D eigenvalue weighted by Crippen LogP contribution is 2.26. The van der Waals surface area contributed by atoms with Gasteiger partial charge in [0, 0.05) is 10.3 Å². The predicted molar refractivity (Wildman–Crippen MR) is 42.6 cm³/mol. The molecule has 0 radical (unpaired) electrons. The second-order valence-electron chi connectivity index (χ2n) is 1.63. The largest absolute Gasteiger partial charge is 0.507 e. The number of rotatable bonds is 2. The van der Waals surface area contributed by atoms with E-state index in [4.69, 9.17) is 16.7 Å². The Bertz CT molecular complexity index is 307. The summed E-state index contributed by atoms with van der Waals surface area (Å²) >= 11 is 6.52. The Kier molecular flexibility index (Phi) is 2.53. The summed E-state index contributed by atoms with van der Waals surface area (Å²) in [6.45, 7) is 0. The van der Waals surface area contributed by atoms with Crippen LogP contribution in [-0.2, 0) is 15.9 Å². The van der Waals surface area contributed by atoms with Gasteiger partial charge >= 0.3 is 22.5 Å². The molecule has 0 aromatic carbocycles. The highest BCUT2D eigenvalue weighted by molar-refractivity contribution is 7.66. The van der Waals surface area contributed by atoms with Crippen molar-refractivity contribution in [3.63, 3.8) is 0 Å². The zero-order valence-electron chi connectivity index (χ0n) is 5.04. The normalized spacial score (nSPS) is 9.55. The molecule has 0 aliphatic heterocycles. The van der Waals surface area contributed by atoms with E-state index in [-0.39, 0.29) is 21.4 Å². The lowest BCUT2D eigenvalue weighted by Crippen LogP contribution is -1.93. The smallest absolute Gasteiger partial charge is 0.477 e. The van der Waals surface area contributed by atoms with E-state index < -0.39 is 5.97 Å². The molecule has 0 aliphatic carbocycles. The van der Waals surface area contributed by atoms with Crippen molar-refractivity contribution in [1.82, 2.24) is 0 Å². The third-order valence-corrected chi connectivity index (χ3v) is 2.83. The van der Waals surface area contributed by atoms with Crippen LogP contribution in [0.5, 0.6) is 0 Å². The van der Waals surface area contributed by atoms with E-state index >= 15 is 0 Å². The van der Waals surface area contributed by atoms with E-state index in [9.17, 15) is 9.00 Å². The van der Waals surface area contributed by atoms with Crippen LogP contribution in [0.1, 0.15) is 9.67 Å². The third kappa shape index (κ3) is 1.74. The molecule has 0 spiro atoms. The zero-order valence-corrected chi connectivity index (χ0v) is 7.42. The molecule has 0 atom stereocenters. The Hall–Kier alpha value is -0.520. The van der Waals surface area contributed by atoms with Gasteiger partial charge in [-0.15, -0.1) is 11.3 Å². The fourth-order valence-corrected chi connectivity index (χ4v) is 2.21. The van der Waals surface area contributed by atoms with E-state index in [0.717, 1.165) is 11.3 Å². The fourth-order valence-electron chi connectivity index (χ4n) is 0.557. The van der Waals surface area contributed by atoms with Crippen molar-refractivity contribution in [2.75, 3.05) is 0 Å². The lowest BCUT2D eigenvalue weighted by molar-refractivity contribution is 0.0698. The summed E-state index contributed by atoms with van der Waals surface area (Å²) < 4.78 is 10.6. The standard InChI is InChI=1S/C5HClO3S2/c6-3-1-2(11-9)4(10-3)5(7)8/h1H/p+1. The van der Waals surface area contributed by atoms with Crippen molar-refractivity contribution in [1.29, 1.82) is 0 Å². The molecule has 1 N–H and O–H groups in total. The van der Waals surface area contributed by atoms with Gasteiger partial charge in [-0.25, -0.2) is 4.79 Å². The van der Waals surface area contributed by atoms with Gasteiger partial charge in [0.15, 0.2) is 4.88 Å². The van der Waals surface area contributed by atoms with E-state index in [0.29, 0.717) is 4.34 Å². The SMILES string of the molecule is O=[S+]c1cc(Cl)sc1C(=O)O. The van der Waals surface area contributed by atoms with Crippen LogP contribution >= 0.6 is 22.9 Å². The predicted octanol–water partition coefficient (Wildman–Crippen LogP) is 1.89. The number of carbonyl (C=O) groups is 1. The maximum absolute atomic E-state index is 10.4. The van der Waals surface area contributed by atoms with E-state index in [1.165, 1.54) is 6.07 Å².